The minimum atomic E-state index is -0.959. The highest BCUT2D eigenvalue weighted by molar-refractivity contribution is 5.90. The zero-order valence-electron chi connectivity index (χ0n) is 15.6. The molecule has 1 aromatic rings. The Hall–Kier alpha value is -2.08. The number of primary amides is 1. The topological polar surface area (TPSA) is 92.9 Å². The van der Waals surface area contributed by atoms with E-state index in [0.717, 1.165) is 18.4 Å². The lowest BCUT2D eigenvalue weighted by Crippen LogP contribution is -2.63. The second-order valence-corrected chi connectivity index (χ2v) is 7.87. The summed E-state index contributed by atoms with van der Waals surface area (Å²) in [5, 5.41) is 9.62. The monoisotopic (exact) mass is 348 g/mol. The van der Waals surface area contributed by atoms with Crippen molar-refractivity contribution in [2.45, 2.75) is 57.5 Å². The van der Waals surface area contributed by atoms with Crippen LogP contribution in [0.4, 0.5) is 0 Å². The summed E-state index contributed by atoms with van der Waals surface area (Å²) < 4.78 is 5.30. The maximum absolute atomic E-state index is 11.7. The average Bonchev–Trinajstić information content (AvgIpc) is 2.50. The third-order valence-electron chi connectivity index (χ3n) is 5.50. The minimum Gasteiger partial charge on any atom is -0.497 e. The van der Waals surface area contributed by atoms with Gasteiger partial charge in [-0.2, -0.15) is 0 Å². The quantitative estimate of drug-likeness (QED) is 0.853. The number of carboxylic acids is 1. The van der Waals surface area contributed by atoms with Crippen LogP contribution in [0.5, 0.6) is 5.75 Å². The van der Waals surface area contributed by atoms with Gasteiger partial charge in [0.1, 0.15) is 5.75 Å². The number of rotatable bonds is 5. The Balaban J connectivity index is 2.55. The Morgan fingerprint density at radius 3 is 2.48 bits per heavy atom. The summed E-state index contributed by atoms with van der Waals surface area (Å²) in [6.07, 6.45) is 1.66. The lowest BCUT2D eigenvalue weighted by Gasteiger charge is -2.56. The fraction of sp³-hybridized carbons (Fsp3) is 0.579. The Morgan fingerprint density at radius 1 is 1.32 bits per heavy atom. The predicted octanol–water partition coefficient (Wildman–Crippen LogP) is 2.62. The van der Waals surface area contributed by atoms with Gasteiger partial charge in [-0.3, -0.25) is 9.69 Å². The van der Waals surface area contributed by atoms with Gasteiger partial charge in [0, 0.05) is 17.0 Å². The molecule has 3 N–H and O–H groups in total. The number of carbonyl (C=O) groups is 2. The molecule has 0 aliphatic carbocycles. The van der Waals surface area contributed by atoms with Crippen LogP contribution in [0.3, 0.4) is 0 Å². The molecule has 0 radical (unpaired) electrons. The predicted molar refractivity (Wildman–Crippen MR) is 96.0 cm³/mol. The van der Waals surface area contributed by atoms with Gasteiger partial charge >= 0.3 is 5.97 Å². The molecule has 1 aliphatic rings. The first kappa shape index (κ1) is 19.2. The molecular formula is C19H28N2O4. The number of nitrogens with two attached hydrogens (primary N) is 1. The summed E-state index contributed by atoms with van der Waals surface area (Å²) in [5.74, 6) is -0.770. The first-order valence-corrected chi connectivity index (χ1v) is 8.48. The molecule has 6 heteroatoms. The second kappa shape index (κ2) is 6.67. The van der Waals surface area contributed by atoms with Crippen LogP contribution < -0.4 is 10.5 Å². The molecule has 1 atom stereocenters. The van der Waals surface area contributed by atoms with Crippen LogP contribution in [-0.4, -0.2) is 46.6 Å². The summed E-state index contributed by atoms with van der Waals surface area (Å²) in [5.41, 5.74) is 5.86. The number of likely N-dealkylation sites (tertiary alicyclic amines) is 1. The Bertz CT molecular complexity index is 682. The zero-order chi connectivity index (χ0) is 19.0. The van der Waals surface area contributed by atoms with Crippen LogP contribution in [0.1, 0.15) is 62.4 Å². The van der Waals surface area contributed by atoms with Crippen molar-refractivity contribution < 1.29 is 19.4 Å². The lowest BCUT2D eigenvalue weighted by atomic mass is 9.68. The van der Waals surface area contributed by atoms with Crippen molar-refractivity contribution in [3.8, 4) is 5.75 Å². The molecule has 1 aromatic carbocycles. The van der Waals surface area contributed by atoms with E-state index in [1.54, 1.807) is 25.3 Å². The van der Waals surface area contributed by atoms with Gasteiger partial charge in [0.15, 0.2) is 0 Å². The van der Waals surface area contributed by atoms with Crippen LogP contribution in [0, 0.1) is 0 Å². The molecule has 1 saturated heterocycles. The molecule has 1 unspecified atom stereocenters. The van der Waals surface area contributed by atoms with Gasteiger partial charge in [-0.05, 0) is 64.3 Å². The second-order valence-electron chi connectivity index (χ2n) is 7.87. The number of carboxylic acid groups (broad SMARTS) is 1. The summed E-state index contributed by atoms with van der Waals surface area (Å²) in [4.78, 5) is 25.5. The van der Waals surface area contributed by atoms with Crippen LogP contribution in [-0.2, 0) is 4.79 Å². The summed E-state index contributed by atoms with van der Waals surface area (Å²) >= 11 is 0. The van der Waals surface area contributed by atoms with E-state index in [-0.39, 0.29) is 29.5 Å². The number of aromatic carboxylic acids is 1. The first-order chi connectivity index (χ1) is 11.5. The number of amides is 1. The van der Waals surface area contributed by atoms with Crippen molar-refractivity contribution in [1.29, 1.82) is 0 Å². The molecule has 1 aliphatic heterocycles. The van der Waals surface area contributed by atoms with Crippen LogP contribution in [0.15, 0.2) is 18.2 Å². The van der Waals surface area contributed by atoms with Crippen LogP contribution in [0.25, 0.3) is 0 Å². The molecule has 0 aromatic heterocycles. The number of benzene rings is 1. The number of methoxy groups -OCH3 is 1. The molecule has 25 heavy (non-hydrogen) atoms. The number of piperidine rings is 1. The fourth-order valence-electron chi connectivity index (χ4n) is 4.21. The number of carbonyl (C=O) groups excluding carboxylic acids is 1. The highest BCUT2D eigenvalue weighted by Gasteiger charge is 2.48. The van der Waals surface area contributed by atoms with Crippen molar-refractivity contribution in [2.24, 2.45) is 5.73 Å². The van der Waals surface area contributed by atoms with Gasteiger partial charge in [-0.25, -0.2) is 4.79 Å². The van der Waals surface area contributed by atoms with Crippen molar-refractivity contribution in [2.75, 3.05) is 13.7 Å². The van der Waals surface area contributed by atoms with E-state index in [9.17, 15) is 14.7 Å². The summed E-state index contributed by atoms with van der Waals surface area (Å²) in [6.45, 7) is 8.43. The van der Waals surface area contributed by atoms with E-state index in [1.807, 2.05) is 13.8 Å². The van der Waals surface area contributed by atoms with Crippen molar-refractivity contribution >= 4 is 11.9 Å². The molecule has 138 valence electrons. The van der Waals surface area contributed by atoms with E-state index in [2.05, 4.69) is 18.7 Å². The maximum Gasteiger partial charge on any atom is 0.335 e. The maximum atomic E-state index is 11.7. The lowest BCUT2D eigenvalue weighted by molar-refractivity contribution is -0.126. The van der Waals surface area contributed by atoms with Gasteiger partial charge in [0.05, 0.1) is 19.2 Å². The first-order valence-electron chi connectivity index (χ1n) is 8.48. The third-order valence-corrected chi connectivity index (χ3v) is 5.50. The molecule has 0 spiro atoms. The number of nitrogens with zero attached hydrogens (tertiary/aromatic N) is 1. The van der Waals surface area contributed by atoms with E-state index in [0.29, 0.717) is 5.75 Å². The van der Waals surface area contributed by atoms with Gasteiger partial charge < -0.3 is 15.6 Å². The van der Waals surface area contributed by atoms with E-state index in [1.165, 1.54) is 0 Å². The van der Waals surface area contributed by atoms with Gasteiger partial charge in [0.25, 0.3) is 0 Å². The number of hydrogen-bond acceptors (Lipinski definition) is 4. The minimum absolute atomic E-state index is 0.0546. The number of hydrogen-bond donors (Lipinski definition) is 2. The SMILES string of the molecule is COc1ccc(C(=O)O)c(C2CCC(C)(C)N(CC(N)=O)C2(C)C)c1. The molecule has 6 nitrogen and oxygen atoms in total. The Morgan fingerprint density at radius 2 is 1.96 bits per heavy atom. The normalized spacial score (nSPS) is 22.4. The van der Waals surface area contributed by atoms with E-state index < -0.39 is 11.5 Å². The smallest absolute Gasteiger partial charge is 0.335 e. The third kappa shape index (κ3) is 3.63. The Kier molecular flexibility index (Phi) is 5.14. The van der Waals surface area contributed by atoms with Crippen molar-refractivity contribution in [3.05, 3.63) is 29.3 Å². The van der Waals surface area contributed by atoms with Crippen LogP contribution >= 0.6 is 0 Å². The highest BCUT2D eigenvalue weighted by Crippen LogP contribution is 2.48. The summed E-state index contributed by atoms with van der Waals surface area (Å²) in [6, 6.07) is 5.05. The zero-order valence-corrected chi connectivity index (χ0v) is 15.6. The molecule has 1 heterocycles. The average molecular weight is 348 g/mol. The van der Waals surface area contributed by atoms with Gasteiger partial charge in [-0.1, -0.05) is 0 Å². The fourth-order valence-corrected chi connectivity index (χ4v) is 4.21. The van der Waals surface area contributed by atoms with E-state index in [4.69, 9.17) is 10.5 Å². The van der Waals surface area contributed by atoms with Crippen LogP contribution in [0.2, 0.25) is 0 Å². The molecule has 2 rings (SSSR count). The number of ether oxygens (including phenoxy) is 1. The van der Waals surface area contributed by atoms with Gasteiger partial charge in [-0.15, -0.1) is 0 Å². The highest BCUT2D eigenvalue weighted by atomic mass is 16.5. The molecule has 0 bridgehead atoms. The largest absolute Gasteiger partial charge is 0.497 e. The molecule has 1 fully saturated rings. The standard InChI is InChI=1S/C19H28N2O4/c1-18(2)9-8-15(19(3,4)21(18)11-16(20)22)14-10-12(25-5)6-7-13(14)17(23)24/h6-7,10,15H,8-9,11H2,1-5H3,(H2,20,22)(H,23,24). The molecule has 1 amide bonds. The summed E-state index contributed by atoms with van der Waals surface area (Å²) in [7, 11) is 1.56. The molecular weight excluding hydrogens is 320 g/mol. The molecule has 0 saturated carbocycles. The van der Waals surface area contributed by atoms with Gasteiger partial charge in [0.2, 0.25) is 5.91 Å². The van der Waals surface area contributed by atoms with E-state index >= 15 is 0 Å². The Labute approximate surface area is 149 Å². The van der Waals surface area contributed by atoms with Crippen molar-refractivity contribution in [3.63, 3.8) is 0 Å². The van der Waals surface area contributed by atoms with Crippen molar-refractivity contribution in [1.82, 2.24) is 4.90 Å².